The molecule has 0 spiro atoms. The monoisotopic (exact) mass is 404 g/mol. The van der Waals surface area contributed by atoms with Gasteiger partial charge in [0.2, 0.25) is 0 Å². The quantitative estimate of drug-likeness (QED) is 0.208. The summed E-state index contributed by atoms with van der Waals surface area (Å²) in [7, 11) is 0. The number of hydrogen-bond donors (Lipinski definition) is 4. The van der Waals surface area contributed by atoms with Crippen LogP contribution in [-0.4, -0.2) is 45.6 Å². The number of unbranched alkanes of at least 4 members (excludes halogenated alkanes) is 12. The van der Waals surface area contributed by atoms with Crippen LogP contribution in [0.15, 0.2) is 12.2 Å². The molecular weight excluding hydrogens is 360 g/mol. The third-order valence-corrected chi connectivity index (χ3v) is 3.72. The van der Waals surface area contributed by atoms with Gasteiger partial charge in [-0.1, -0.05) is 63.5 Å². The fourth-order valence-electron chi connectivity index (χ4n) is 2.40. The third-order valence-electron chi connectivity index (χ3n) is 3.72. The molecule has 6 nitrogen and oxygen atoms in total. The van der Waals surface area contributed by atoms with Gasteiger partial charge in [-0.05, 0) is 38.5 Å². The van der Waals surface area contributed by atoms with E-state index in [4.69, 9.17) is 30.0 Å². The molecule has 0 saturated carbocycles. The van der Waals surface area contributed by atoms with Crippen molar-refractivity contribution in [2.75, 3.05) is 13.2 Å². The van der Waals surface area contributed by atoms with Gasteiger partial charge in [0.15, 0.2) is 0 Å². The van der Waals surface area contributed by atoms with Crippen LogP contribution in [0.5, 0.6) is 0 Å². The summed E-state index contributed by atoms with van der Waals surface area (Å²) in [6.07, 6.45) is 22.0. The second-order valence-corrected chi connectivity index (χ2v) is 6.78. The first kappa shape index (κ1) is 31.3. The molecule has 0 aromatic carbocycles. The molecule has 0 heterocycles. The van der Waals surface area contributed by atoms with Crippen molar-refractivity contribution in [3.63, 3.8) is 0 Å². The third kappa shape index (κ3) is 56.3. The molecule has 168 valence electrons. The Hall–Kier alpha value is -1.40. The van der Waals surface area contributed by atoms with Crippen LogP contribution in [0.25, 0.3) is 0 Å². The molecule has 0 aliphatic rings. The van der Waals surface area contributed by atoms with Crippen molar-refractivity contribution in [1.29, 1.82) is 0 Å². The first-order chi connectivity index (χ1) is 13.4. The highest BCUT2D eigenvalue weighted by Crippen LogP contribution is 2.09. The van der Waals surface area contributed by atoms with Crippen molar-refractivity contribution in [2.45, 2.75) is 104 Å². The number of carboxylic acid groups (broad SMARTS) is 2. The number of aliphatic carboxylic acids is 2. The van der Waals surface area contributed by atoms with Crippen LogP contribution in [0.4, 0.5) is 0 Å². The lowest BCUT2D eigenvalue weighted by Gasteiger charge is -1.99. The zero-order valence-electron chi connectivity index (χ0n) is 18.1. The predicted octanol–water partition coefficient (Wildman–Crippen LogP) is 5.17. The molecule has 0 bridgehead atoms. The van der Waals surface area contributed by atoms with Crippen molar-refractivity contribution >= 4 is 11.9 Å². The number of carboxylic acids is 2. The summed E-state index contributed by atoms with van der Waals surface area (Å²) in [6, 6.07) is 0. The summed E-state index contributed by atoms with van der Waals surface area (Å²) in [6.45, 7) is 2.87. The molecule has 0 amide bonds. The Morgan fingerprint density at radius 2 is 0.750 bits per heavy atom. The van der Waals surface area contributed by atoms with E-state index in [9.17, 15) is 0 Å². The summed E-state index contributed by atoms with van der Waals surface area (Å²) < 4.78 is 0. The fourth-order valence-corrected chi connectivity index (χ4v) is 2.40. The lowest BCUT2D eigenvalue weighted by molar-refractivity contribution is -0.135. The Bertz CT molecular complexity index is 302. The van der Waals surface area contributed by atoms with E-state index in [-0.39, 0.29) is 0 Å². The van der Waals surface area contributed by atoms with Gasteiger partial charge in [0.05, 0.1) is 0 Å². The van der Waals surface area contributed by atoms with Crippen LogP contribution >= 0.6 is 0 Å². The van der Waals surface area contributed by atoms with Crippen LogP contribution in [0, 0.1) is 0 Å². The van der Waals surface area contributed by atoms with Gasteiger partial charge >= 0.3 is 0 Å². The Morgan fingerprint density at radius 3 is 1.00 bits per heavy atom. The van der Waals surface area contributed by atoms with Gasteiger partial charge in [0.1, 0.15) is 0 Å². The summed E-state index contributed by atoms with van der Waals surface area (Å²) in [4.78, 5) is 18.0. The average Bonchev–Trinajstić information content (AvgIpc) is 2.60. The summed E-state index contributed by atoms with van der Waals surface area (Å²) in [5.41, 5.74) is 0. The van der Waals surface area contributed by atoms with Crippen molar-refractivity contribution < 1.29 is 30.0 Å². The SMILES string of the molecule is CC(=O)O.CC(=O)O.OCCCCCCCCC=CCCCCCCCCO. The first-order valence-electron chi connectivity index (χ1n) is 10.6. The summed E-state index contributed by atoms with van der Waals surface area (Å²) in [5, 5.41) is 32.2. The van der Waals surface area contributed by atoms with E-state index >= 15 is 0 Å². The summed E-state index contributed by atoms with van der Waals surface area (Å²) in [5.74, 6) is -1.67. The van der Waals surface area contributed by atoms with Crippen LogP contribution < -0.4 is 0 Å². The van der Waals surface area contributed by atoms with Gasteiger partial charge in [-0.15, -0.1) is 0 Å². The number of allylic oxidation sites excluding steroid dienone is 2. The van der Waals surface area contributed by atoms with Gasteiger partial charge in [0, 0.05) is 27.1 Å². The van der Waals surface area contributed by atoms with E-state index in [0.717, 1.165) is 26.7 Å². The molecule has 0 aromatic heterocycles. The molecule has 0 aromatic rings. The molecule has 0 aliphatic heterocycles. The highest BCUT2D eigenvalue weighted by molar-refractivity contribution is 5.63. The molecule has 0 saturated heterocycles. The van der Waals surface area contributed by atoms with Crippen molar-refractivity contribution in [3.8, 4) is 0 Å². The molecule has 28 heavy (non-hydrogen) atoms. The predicted molar refractivity (Wildman–Crippen MR) is 115 cm³/mol. The van der Waals surface area contributed by atoms with E-state index in [2.05, 4.69) is 12.2 Å². The minimum Gasteiger partial charge on any atom is -0.481 e. The van der Waals surface area contributed by atoms with Crippen molar-refractivity contribution in [1.82, 2.24) is 0 Å². The molecule has 0 unspecified atom stereocenters. The lowest BCUT2D eigenvalue weighted by atomic mass is 10.1. The van der Waals surface area contributed by atoms with E-state index in [1.165, 1.54) is 77.0 Å². The maximum absolute atomic E-state index is 9.00. The molecule has 4 N–H and O–H groups in total. The maximum Gasteiger partial charge on any atom is 0.300 e. The Balaban J connectivity index is -0.000000656. The van der Waals surface area contributed by atoms with Crippen LogP contribution in [-0.2, 0) is 9.59 Å². The normalized spacial score (nSPS) is 10.0. The van der Waals surface area contributed by atoms with E-state index in [1.54, 1.807) is 0 Å². The van der Waals surface area contributed by atoms with Gasteiger partial charge in [-0.25, -0.2) is 0 Å². The molecule has 0 radical (unpaired) electrons. The number of rotatable bonds is 16. The molecular formula is C22H44O6. The van der Waals surface area contributed by atoms with Crippen LogP contribution in [0.2, 0.25) is 0 Å². The molecule has 0 aliphatic carbocycles. The Labute approximate surface area is 171 Å². The fraction of sp³-hybridized carbons (Fsp3) is 0.818. The maximum atomic E-state index is 9.00. The minimum atomic E-state index is -0.833. The highest BCUT2D eigenvalue weighted by atomic mass is 16.4. The molecule has 0 atom stereocenters. The van der Waals surface area contributed by atoms with Crippen LogP contribution in [0.3, 0.4) is 0 Å². The van der Waals surface area contributed by atoms with E-state index < -0.39 is 11.9 Å². The lowest BCUT2D eigenvalue weighted by Crippen LogP contribution is -1.84. The molecule has 6 heteroatoms. The zero-order valence-corrected chi connectivity index (χ0v) is 18.1. The number of hydrogen-bond acceptors (Lipinski definition) is 4. The number of aliphatic hydroxyl groups is 2. The first-order valence-corrected chi connectivity index (χ1v) is 10.6. The second-order valence-electron chi connectivity index (χ2n) is 6.78. The average molecular weight is 405 g/mol. The standard InChI is InChI=1S/C18H36O2.2C2H4O2/c19-17-15-13-11-9-7-5-3-1-2-4-6-8-10-12-14-16-18-20;2*1-2(3)4/h1-2,19-20H,3-18H2;2*1H3,(H,3,4). The second kappa shape index (κ2) is 30.3. The van der Waals surface area contributed by atoms with Crippen molar-refractivity contribution in [3.05, 3.63) is 12.2 Å². The number of aliphatic hydroxyl groups excluding tert-OH is 2. The number of carbonyl (C=O) groups is 2. The van der Waals surface area contributed by atoms with E-state index in [0.29, 0.717) is 13.2 Å². The smallest absolute Gasteiger partial charge is 0.300 e. The zero-order chi connectivity index (χ0) is 21.9. The van der Waals surface area contributed by atoms with Gasteiger partial charge < -0.3 is 20.4 Å². The van der Waals surface area contributed by atoms with Gasteiger partial charge in [-0.2, -0.15) is 0 Å². The van der Waals surface area contributed by atoms with Crippen LogP contribution in [0.1, 0.15) is 104 Å². The Morgan fingerprint density at radius 1 is 0.536 bits per heavy atom. The van der Waals surface area contributed by atoms with Gasteiger partial charge in [0.25, 0.3) is 11.9 Å². The minimum absolute atomic E-state index is 0.351. The van der Waals surface area contributed by atoms with E-state index in [1.807, 2.05) is 0 Å². The highest BCUT2D eigenvalue weighted by Gasteiger charge is 1.91. The molecule has 0 fully saturated rings. The molecule has 0 rings (SSSR count). The topological polar surface area (TPSA) is 115 Å². The largest absolute Gasteiger partial charge is 0.481 e. The van der Waals surface area contributed by atoms with Gasteiger partial charge in [-0.3, -0.25) is 9.59 Å². The Kier molecular flexibility index (Phi) is 33.9. The summed E-state index contributed by atoms with van der Waals surface area (Å²) >= 11 is 0. The van der Waals surface area contributed by atoms with Crippen molar-refractivity contribution in [2.24, 2.45) is 0 Å².